The molecule has 106 valence electrons. The van der Waals surface area contributed by atoms with Crippen LogP contribution in [0, 0.1) is 13.8 Å². The molecule has 5 nitrogen and oxygen atoms in total. The van der Waals surface area contributed by atoms with Crippen molar-refractivity contribution >= 4 is 5.82 Å². The van der Waals surface area contributed by atoms with Gasteiger partial charge in [0.05, 0.1) is 11.7 Å². The lowest BCUT2D eigenvalue weighted by Crippen LogP contribution is -2.26. The van der Waals surface area contributed by atoms with E-state index in [0.29, 0.717) is 12.5 Å². The van der Waals surface area contributed by atoms with Crippen LogP contribution >= 0.6 is 0 Å². The van der Waals surface area contributed by atoms with Gasteiger partial charge in [-0.05, 0) is 40.0 Å². The lowest BCUT2D eigenvalue weighted by atomic mass is 10.1. The van der Waals surface area contributed by atoms with E-state index in [1.807, 2.05) is 20.8 Å². The molecule has 1 atom stereocenters. The van der Waals surface area contributed by atoms with Crippen LogP contribution < -0.4 is 10.1 Å². The summed E-state index contributed by atoms with van der Waals surface area (Å²) in [6.45, 7) is 8.16. The van der Waals surface area contributed by atoms with Crippen LogP contribution in [0.2, 0.25) is 0 Å². The van der Waals surface area contributed by atoms with Crippen molar-refractivity contribution in [2.45, 2.75) is 46.1 Å². The van der Waals surface area contributed by atoms with E-state index < -0.39 is 0 Å². The minimum atomic E-state index is 0.200. The highest BCUT2D eigenvalue weighted by molar-refractivity contribution is 5.48. The quantitative estimate of drug-likeness (QED) is 0.886. The molecule has 1 aliphatic heterocycles. The Bertz CT molecular complexity index is 417. The van der Waals surface area contributed by atoms with Gasteiger partial charge in [-0.25, -0.2) is 4.98 Å². The third kappa shape index (κ3) is 3.80. The van der Waals surface area contributed by atoms with Gasteiger partial charge < -0.3 is 14.8 Å². The number of anilines is 1. The summed E-state index contributed by atoms with van der Waals surface area (Å²) in [6.07, 6.45) is 3.65. The molecule has 2 rings (SSSR count). The molecule has 0 aromatic carbocycles. The molecule has 0 aliphatic carbocycles. The molecule has 1 fully saturated rings. The van der Waals surface area contributed by atoms with Crippen molar-refractivity contribution < 1.29 is 9.47 Å². The molecule has 1 aliphatic rings. The number of nitrogens with zero attached hydrogens (tertiary/aromatic N) is 2. The average Bonchev–Trinajstić information content (AvgIpc) is 2.42. The smallest absolute Gasteiger partial charge is 0.221 e. The van der Waals surface area contributed by atoms with Gasteiger partial charge in [-0.1, -0.05) is 0 Å². The van der Waals surface area contributed by atoms with Gasteiger partial charge in [0, 0.05) is 13.2 Å². The summed E-state index contributed by atoms with van der Waals surface area (Å²) in [7, 11) is 0. The number of hydrogen-bond donors (Lipinski definition) is 1. The zero-order valence-electron chi connectivity index (χ0n) is 12.0. The van der Waals surface area contributed by atoms with Crippen molar-refractivity contribution in [3.8, 4) is 5.88 Å². The summed E-state index contributed by atoms with van der Waals surface area (Å²) in [6, 6.07) is 0. The predicted molar refractivity (Wildman–Crippen MR) is 74.8 cm³/mol. The third-order valence-corrected chi connectivity index (χ3v) is 3.24. The fourth-order valence-electron chi connectivity index (χ4n) is 2.19. The van der Waals surface area contributed by atoms with Gasteiger partial charge in [0.15, 0.2) is 0 Å². The monoisotopic (exact) mass is 265 g/mol. The number of aromatic nitrogens is 2. The maximum Gasteiger partial charge on any atom is 0.221 e. The van der Waals surface area contributed by atoms with Gasteiger partial charge in [0.25, 0.3) is 0 Å². The van der Waals surface area contributed by atoms with Crippen LogP contribution in [0.3, 0.4) is 0 Å². The molecule has 1 unspecified atom stereocenters. The van der Waals surface area contributed by atoms with Crippen molar-refractivity contribution in [1.82, 2.24) is 9.97 Å². The first-order valence-corrected chi connectivity index (χ1v) is 7.04. The summed E-state index contributed by atoms with van der Waals surface area (Å²) in [5.41, 5.74) is 0.961. The van der Waals surface area contributed by atoms with Crippen molar-refractivity contribution in [2.24, 2.45) is 0 Å². The minimum absolute atomic E-state index is 0.200. The Balaban J connectivity index is 2.02. The Morgan fingerprint density at radius 2 is 2.16 bits per heavy atom. The first-order valence-electron chi connectivity index (χ1n) is 7.04. The van der Waals surface area contributed by atoms with Gasteiger partial charge in [0.2, 0.25) is 5.88 Å². The van der Waals surface area contributed by atoms with Crippen LogP contribution in [-0.2, 0) is 4.74 Å². The lowest BCUT2D eigenvalue weighted by Gasteiger charge is -2.23. The maximum absolute atomic E-state index is 5.83. The molecule has 0 bridgehead atoms. The number of rotatable bonds is 5. The second-order valence-electron chi connectivity index (χ2n) is 4.88. The third-order valence-electron chi connectivity index (χ3n) is 3.24. The van der Waals surface area contributed by atoms with Crippen LogP contribution in [0.1, 0.15) is 37.6 Å². The second kappa shape index (κ2) is 6.70. The van der Waals surface area contributed by atoms with E-state index >= 15 is 0 Å². The largest absolute Gasteiger partial charge is 0.475 e. The maximum atomic E-state index is 5.83. The topological polar surface area (TPSA) is 56.3 Å². The molecule has 1 N–H and O–H groups in total. The molecule has 0 radical (unpaired) electrons. The van der Waals surface area contributed by atoms with Crippen molar-refractivity contribution in [2.75, 3.05) is 25.1 Å². The minimum Gasteiger partial charge on any atom is -0.475 e. The zero-order valence-corrected chi connectivity index (χ0v) is 12.0. The SMILES string of the molecule is CCNc1nc(C)nc(OCC2CCCCO2)c1C. The molecule has 1 saturated heterocycles. The summed E-state index contributed by atoms with van der Waals surface area (Å²) >= 11 is 0. The zero-order chi connectivity index (χ0) is 13.7. The Morgan fingerprint density at radius 3 is 2.84 bits per heavy atom. The molecule has 2 heterocycles. The van der Waals surface area contributed by atoms with E-state index in [9.17, 15) is 0 Å². The van der Waals surface area contributed by atoms with E-state index in [1.165, 1.54) is 6.42 Å². The summed E-state index contributed by atoms with van der Waals surface area (Å²) < 4.78 is 11.5. The number of nitrogens with one attached hydrogen (secondary N) is 1. The highest BCUT2D eigenvalue weighted by Crippen LogP contribution is 2.23. The highest BCUT2D eigenvalue weighted by Gasteiger charge is 2.16. The molecule has 1 aromatic heterocycles. The van der Waals surface area contributed by atoms with Crippen molar-refractivity contribution in [1.29, 1.82) is 0 Å². The van der Waals surface area contributed by atoms with E-state index in [1.54, 1.807) is 0 Å². The van der Waals surface area contributed by atoms with Crippen LogP contribution in [0.25, 0.3) is 0 Å². The first-order chi connectivity index (χ1) is 9.20. The van der Waals surface area contributed by atoms with Gasteiger partial charge in [0.1, 0.15) is 18.2 Å². The standard InChI is InChI=1S/C14H23N3O2/c1-4-15-13-10(2)14(17-11(3)16-13)19-9-12-7-5-6-8-18-12/h12H,4-9H2,1-3H3,(H,15,16,17). The van der Waals surface area contributed by atoms with Crippen LogP contribution in [0.15, 0.2) is 0 Å². The van der Waals surface area contributed by atoms with Gasteiger partial charge in [-0.2, -0.15) is 4.98 Å². The molecular formula is C14H23N3O2. The van der Waals surface area contributed by atoms with Gasteiger partial charge >= 0.3 is 0 Å². The average molecular weight is 265 g/mol. The Hall–Kier alpha value is -1.36. The van der Waals surface area contributed by atoms with Gasteiger partial charge in [-0.3, -0.25) is 0 Å². The van der Waals surface area contributed by atoms with Crippen LogP contribution in [0.5, 0.6) is 5.88 Å². The fourth-order valence-corrected chi connectivity index (χ4v) is 2.19. The normalized spacial score (nSPS) is 19.2. The summed E-state index contributed by atoms with van der Waals surface area (Å²) in [4.78, 5) is 8.76. The molecule has 0 amide bonds. The molecule has 0 saturated carbocycles. The highest BCUT2D eigenvalue weighted by atomic mass is 16.5. The Morgan fingerprint density at radius 1 is 1.32 bits per heavy atom. The molecule has 5 heteroatoms. The molecule has 0 spiro atoms. The van der Waals surface area contributed by atoms with E-state index in [2.05, 4.69) is 15.3 Å². The molecular weight excluding hydrogens is 242 g/mol. The van der Waals surface area contributed by atoms with Crippen LogP contribution in [-0.4, -0.2) is 35.8 Å². The van der Waals surface area contributed by atoms with Crippen molar-refractivity contribution in [3.05, 3.63) is 11.4 Å². The van der Waals surface area contributed by atoms with Crippen molar-refractivity contribution in [3.63, 3.8) is 0 Å². The van der Waals surface area contributed by atoms with E-state index in [-0.39, 0.29) is 6.10 Å². The van der Waals surface area contributed by atoms with E-state index in [4.69, 9.17) is 9.47 Å². The first kappa shape index (κ1) is 14.1. The van der Waals surface area contributed by atoms with Crippen LogP contribution in [0.4, 0.5) is 5.82 Å². The predicted octanol–water partition coefficient (Wildman–Crippen LogP) is 2.47. The second-order valence-corrected chi connectivity index (χ2v) is 4.88. The number of hydrogen-bond acceptors (Lipinski definition) is 5. The van der Waals surface area contributed by atoms with E-state index in [0.717, 1.165) is 43.2 Å². The number of aryl methyl sites for hydroxylation is 1. The fraction of sp³-hybridized carbons (Fsp3) is 0.714. The Kier molecular flexibility index (Phi) is 4.96. The lowest BCUT2D eigenvalue weighted by molar-refractivity contribution is -0.0121. The van der Waals surface area contributed by atoms with Gasteiger partial charge in [-0.15, -0.1) is 0 Å². The summed E-state index contributed by atoms with van der Waals surface area (Å²) in [5.74, 6) is 2.24. The Labute approximate surface area is 114 Å². The molecule has 1 aromatic rings. The molecule has 19 heavy (non-hydrogen) atoms. The summed E-state index contributed by atoms with van der Waals surface area (Å²) in [5, 5.41) is 3.23. The number of ether oxygens (including phenoxy) is 2.